The molecule has 0 saturated heterocycles. The topological polar surface area (TPSA) is 33.2 Å². The maximum absolute atomic E-state index is 12.0. The molecule has 22 heavy (non-hydrogen) atoms. The number of carbonyl (C=O) groups is 1. The summed E-state index contributed by atoms with van der Waals surface area (Å²) in [5, 5.41) is 1.07. The molecule has 0 bridgehead atoms. The molecule has 0 spiro atoms. The van der Waals surface area contributed by atoms with Gasteiger partial charge in [-0.1, -0.05) is 35.3 Å². The molecule has 3 nitrogen and oxygen atoms in total. The van der Waals surface area contributed by atoms with Crippen LogP contribution in [0.4, 0.5) is 0 Å². The van der Waals surface area contributed by atoms with Crippen LogP contribution in [-0.4, -0.2) is 29.4 Å². The minimum Gasteiger partial charge on any atom is -0.342 e. The molecule has 0 aliphatic rings. The maximum atomic E-state index is 12.0. The molecule has 5 heteroatoms. The van der Waals surface area contributed by atoms with Crippen LogP contribution in [0.1, 0.15) is 11.1 Å². The molecule has 2 aromatic rings. The molecule has 114 valence electrons. The van der Waals surface area contributed by atoms with Crippen molar-refractivity contribution in [2.45, 2.75) is 6.42 Å². The molecule has 0 aliphatic heterocycles. The molecule has 0 saturated carbocycles. The molecule has 0 N–H and O–H groups in total. The van der Waals surface area contributed by atoms with E-state index in [1.807, 2.05) is 24.3 Å². The van der Waals surface area contributed by atoms with E-state index in [4.69, 9.17) is 23.2 Å². The number of amides is 1. The quantitative estimate of drug-likeness (QED) is 0.771. The van der Waals surface area contributed by atoms with Gasteiger partial charge >= 0.3 is 0 Å². The Morgan fingerprint density at radius 2 is 2.09 bits per heavy atom. The van der Waals surface area contributed by atoms with Crippen molar-refractivity contribution >= 4 is 35.2 Å². The van der Waals surface area contributed by atoms with E-state index in [1.165, 1.54) is 0 Å². The summed E-state index contributed by atoms with van der Waals surface area (Å²) < 4.78 is 0. The van der Waals surface area contributed by atoms with Crippen molar-refractivity contribution in [3.8, 4) is 0 Å². The third-order valence-electron chi connectivity index (χ3n) is 3.20. The molecule has 1 amide bonds. The lowest BCUT2D eigenvalue weighted by Crippen LogP contribution is -2.27. The van der Waals surface area contributed by atoms with E-state index in [-0.39, 0.29) is 5.91 Å². The highest BCUT2D eigenvalue weighted by Gasteiger charge is 2.06. The van der Waals surface area contributed by atoms with Crippen LogP contribution in [0.5, 0.6) is 0 Å². The fraction of sp³-hybridized carbons (Fsp3) is 0.176. The van der Waals surface area contributed by atoms with E-state index < -0.39 is 0 Å². The van der Waals surface area contributed by atoms with Crippen molar-refractivity contribution in [1.82, 2.24) is 9.88 Å². The van der Waals surface area contributed by atoms with Crippen LogP contribution in [-0.2, 0) is 11.2 Å². The maximum Gasteiger partial charge on any atom is 0.246 e. The smallest absolute Gasteiger partial charge is 0.246 e. The predicted molar refractivity (Wildman–Crippen MR) is 91.1 cm³/mol. The zero-order valence-electron chi connectivity index (χ0n) is 12.2. The summed E-state index contributed by atoms with van der Waals surface area (Å²) in [5.41, 5.74) is 1.94. The van der Waals surface area contributed by atoms with Gasteiger partial charge < -0.3 is 4.90 Å². The van der Waals surface area contributed by atoms with Crippen LogP contribution in [0.3, 0.4) is 0 Å². The largest absolute Gasteiger partial charge is 0.342 e. The number of hydrogen-bond acceptors (Lipinski definition) is 2. The third-order valence-corrected chi connectivity index (χ3v) is 3.94. The molecule has 1 aromatic carbocycles. The average Bonchev–Trinajstić information content (AvgIpc) is 2.54. The van der Waals surface area contributed by atoms with Crippen molar-refractivity contribution in [1.29, 1.82) is 0 Å². The normalized spacial score (nSPS) is 10.9. The number of nitrogens with zero attached hydrogens (tertiary/aromatic N) is 2. The molecule has 1 aromatic heterocycles. The standard InChI is InChI=1S/C17H16Cl2N2O/c1-21(10-8-13-4-6-15(18)16(19)11-13)17(22)7-5-14-3-2-9-20-12-14/h2-7,9,11-12H,8,10H2,1H3. The highest BCUT2D eigenvalue weighted by Crippen LogP contribution is 2.22. The Morgan fingerprint density at radius 1 is 1.27 bits per heavy atom. The first-order valence-electron chi connectivity index (χ1n) is 6.83. The number of rotatable bonds is 5. The zero-order chi connectivity index (χ0) is 15.9. The third kappa shape index (κ3) is 4.86. The van der Waals surface area contributed by atoms with Crippen LogP contribution in [0.2, 0.25) is 10.0 Å². The Kier molecular flexibility index (Phi) is 5.99. The van der Waals surface area contributed by atoms with Gasteiger partial charge in [-0.05, 0) is 41.8 Å². The molecule has 0 fully saturated rings. The number of benzene rings is 1. The van der Waals surface area contributed by atoms with Crippen LogP contribution in [0, 0.1) is 0 Å². The van der Waals surface area contributed by atoms with Gasteiger partial charge in [0.1, 0.15) is 0 Å². The van der Waals surface area contributed by atoms with Crippen molar-refractivity contribution in [2.24, 2.45) is 0 Å². The number of aromatic nitrogens is 1. The predicted octanol–water partition coefficient (Wildman–Crippen LogP) is 4.10. The molecular formula is C17H16Cl2N2O. The van der Waals surface area contributed by atoms with Gasteiger partial charge in [-0.15, -0.1) is 0 Å². The highest BCUT2D eigenvalue weighted by molar-refractivity contribution is 6.42. The molecule has 0 unspecified atom stereocenters. The lowest BCUT2D eigenvalue weighted by Gasteiger charge is -2.15. The van der Waals surface area contributed by atoms with Crippen LogP contribution in [0.25, 0.3) is 6.08 Å². The van der Waals surface area contributed by atoms with Crippen LogP contribution in [0.15, 0.2) is 48.8 Å². The molecular weight excluding hydrogens is 319 g/mol. The minimum absolute atomic E-state index is 0.0519. The van der Waals surface area contributed by atoms with E-state index in [2.05, 4.69) is 4.98 Å². The molecule has 0 aliphatic carbocycles. The van der Waals surface area contributed by atoms with E-state index >= 15 is 0 Å². The number of carbonyl (C=O) groups excluding carboxylic acids is 1. The fourth-order valence-electron chi connectivity index (χ4n) is 1.87. The number of pyridine rings is 1. The fourth-order valence-corrected chi connectivity index (χ4v) is 2.19. The summed E-state index contributed by atoms with van der Waals surface area (Å²) in [7, 11) is 1.77. The number of likely N-dealkylation sites (N-methyl/N-ethyl adjacent to an activating group) is 1. The summed E-state index contributed by atoms with van der Waals surface area (Å²) in [4.78, 5) is 17.7. The van der Waals surface area contributed by atoms with Gasteiger partial charge in [0.25, 0.3) is 0 Å². The van der Waals surface area contributed by atoms with Gasteiger partial charge in [0.2, 0.25) is 5.91 Å². The van der Waals surface area contributed by atoms with Gasteiger partial charge in [0, 0.05) is 32.1 Å². The first-order valence-corrected chi connectivity index (χ1v) is 7.59. The Balaban J connectivity index is 1.88. The van der Waals surface area contributed by atoms with Crippen molar-refractivity contribution in [3.05, 3.63) is 70.0 Å². The molecule has 2 rings (SSSR count). The minimum atomic E-state index is -0.0519. The number of halogens is 2. The van der Waals surface area contributed by atoms with Crippen LogP contribution >= 0.6 is 23.2 Å². The van der Waals surface area contributed by atoms with Crippen molar-refractivity contribution < 1.29 is 4.79 Å². The summed E-state index contributed by atoms with van der Waals surface area (Å²) in [6.45, 7) is 0.605. The van der Waals surface area contributed by atoms with E-state index in [0.717, 1.165) is 17.5 Å². The van der Waals surface area contributed by atoms with Gasteiger partial charge in [-0.3, -0.25) is 9.78 Å². The Bertz CT molecular complexity index is 672. The Morgan fingerprint density at radius 3 is 2.77 bits per heavy atom. The molecule has 1 heterocycles. The Hall–Kier alpha value is -1.84. The first-order chi connectivity index (χ1) is 10.6. The van der Waals surface area contributed by atoms with E-state index in [1.54, 1.807) is 42.6 Å². The first kappa shape index (κ1) is 16.5. The lowest BCUT2D eigenvalue weighted by atomic mass is 10.1. The highest BCUT2D eigenvalue weighted by atomic mass is 35.5. The summed E-state index contributed by atoms with van der Waals surface area (Å²) in [5.74, 6) is -0.0519. The SMILES string of the molecule is CN(CCc1ccc(Cl)c(Cl)c1)C(=O)C=Cc1cccnc1. The molecule has 0 atom stereocenters. The lowest BCUT2D eigenvalue weighted by molar-refractivity contribution is -0.124. The van der Waals surface area contributed by atoms with Gasteiger partial charge in [-0.2, -0.15) is 0 Å². The second-order valence-corrected chi connectivity index (χ2v) is 5.69. The second kappa shape index (κ2) is 7.97. The average molecular weight is 335 g/mol. The van der Waals surface area contributed by atoms with Gasteiger partial charge in [0.05, 0.1) is 10.0 Å². The van der Waals surface area contributed by atoms with E-state index in [0.29, 0.717) is 16.6 Å². The van der Waals surface area contributed by atoms with Crippen molar-refractivity contribution in [3.63, 3.8) is 0 Å². The monoisotopic (exact) mass is 334 g/mol. The van der Waals surface area contributed by atoms with Gasteiger partial charge in [0.15, 0.2) is 0 Å². The van der Waals surface area contributed by atoms with Crippen molar-refractivity contribution in [2.75, 3.05) is 13.6 Å². The summed E-state index contributed by atoms with van der Waals surface area (Å²) in [6.07, 6.45) is 7.43. The second-order valence-electron chi connectivity index (χ2n) is 4.88. The number of hydrogen-bond donors (Lipinski definition) is 0. The summed E-state index contributed by atoms with van der Waals surface area (Å²) >= 11 is 11.9. The van der Waals surface area contributed by atoms with Crippen LogP contribution < -0.4 is 0 Å². The van der Waals surface area contributed by atoms with Gasteiger partial charge in [-0.25, -0.2) is 0 Å². The zero-order valence-corrected chi connectivity index (χ0v) is 13.7. The van der Waals surface area contributed by atoms with E-state index in [9.17, 15) is 4.79 Å². The molecule has 0 radical (unpaired) electrons. The summed E-state index contributed by atoms with van der Waals surface area (Å²) in [6, 6.07) is 9.24. The Labute approximate surface area is 140 Å².